The Labute approximate surface area is 105 Å². The largest absolute Gasteiger partial charge is 0.298 e. The van der Waals surface area contributed by atoms with Crippen LogP contribution in [0.4, 0.5) is 0 Å². The van der Waals surface area contributed by atoms with Gasteiger partial charge in [0.15, 0.2) is 0 Å². The van der Waals surface area contributed by atoms with Crippen molar-refractivity contribution >= 4 is 11.8 Å². The van der Waals surface area contributed by atoms with E-state index in [2.05, 4.69) is 23.0 Å². The second-order valence-corrected chi connectivity index (χ2v) is 6.32. The van der Waals surface area contributed by atoms with Gasteiger partial charge in [0.05, 0.1) is 0 Å². The lowest BCUT2D eigenvalue weighted by molar-refractivity contribution is 0.0587. The first-order valence-corrected chi connectivity index (χ1v) is 8.17. The Morgan fingerprint density at radius 3 is 2.94 bits per heavy atom. The van der Waals surface area contributed by atoms with Crippen molar-refractivity contribution in [1.82, 2.24) is 9.80 Å². The molecule has 2 rings (SSSR count). The first-order valence-electron chi connectivity index (χ1n) is 6.78. The molecule has 3 heteroatoms. The predicted octanol–water partition coefficient (Wildman–Crippen LogP) is 2.30. The Hall–Kier alpha value is 0.270. The van der Waals surface area contributed by atoms with Crippen molar-refractivity contribution in [1.29, 1.82) is 0 Å². The van der Waals surface area contributed by atoms with Crippen LogP contribution in [0.2, 0.25) is 0 Å². The maximum Gasteiger partial charge on any atom is 0.0224 e. The van der Waals surface area contributed by atoms with Gasteiger partial charge in [-0.25, -0.2) is 0 Å². The highest BCUT2D eigenvalue weighted by Crippen LogP contribution is 2.24. The Morgan fingerprint density at radius 1 is 1.25 bits per heavy atom. The van der Waals surface area contributed by atoms with Gasteiger partial charge in [-0.3, -0.25) is 9.80 Å². The number of hydrogen-bond donors (Lipinski definition) is 0. The van der Waals surface area contributed by atoms with Gasteiger partial charge in [-0.2, -0.15) is 11.8 Å². The maximum absolute atomic E-state index is 2.73. The van der Waals surface area contributed by atoms with Crippen LogP contribution in [0.25, 0.3) is 0 Å². The second-order valence-electron chi connectivity index (χ2n) is 5.33. The summed E-state index contributed by atoms with van der Waals surface area (Å²) in [5, 5.41) is 0. The summed E-state index contributed by atoms with van der Waals surface area (Å²) in [6, 6.07) is 1.67. The van der Waals surface area contributed by atoms with Crippen molar-refractivity contribution in [2.24, 2.45) is 0 Å². The van der Waals surface area contributed by atoms with Gasteiger partial charge < -0.3 is 0 Å². The topological polar surface area (TPSA) is 6.48 Å². The van der Waals surface area contributed by atoms with Gasteiger partial charge >= 0.3 is 0 Å². The second kappa shape index (κ2) is 6.27. The smallest absolute Gasteiger partial charge is 0.0224 e. The fourth-order valence-corrected chi connectivity index (χ4v) is 3.61. The Balaban J connectivity index is 1.72. The molecule has 0 radical (unpaired) electrons. The van der Waals surface area contributed by atoms with E-state index >= 15 is 0 Å². The summed E-state index contributed by atoms with van der Waals surface area (Å²) in [5.74, 6) is 1.33. The van der Waals surface area contributed by atoms with Crippen molar-refractivity contribution in [3.05, 3.63) is 0 Å². The molecule has 2 atom stereocenters. The van der Waals surface area contributed by atoms with Crippen LogP contribution in [0.15, 0.2) is 0 Å². The zero-order valence-electron chi connectivity index (χ0n) is 10.8. The van der Waals surface area contributed by atoms with Crippen LogP contribution in [0, 0.1) is 0 Å². The van der Waals surface area contributed by atoms with Crippen LogP contribution in [0.3, 0.4) is 0 Å². The van der Waals surface area contributed by atoms with E-state index in [1.165, 1.54) is 57.6 Å². The third-order valence-electron chi connectivity index (χ3n) is 4.11. The van der Waals surface area contributed by atoms with E-state index in [-0.39, 0.29) is 0 Å². The summed E-state index contributed by atoms with van der Waals surface area (Å²) in [6.07, 6.45) is 7.85. The van der Waals surface area contributed by atoms with E-state index in [0.29, 0.717) is 0 Å². The molecule has 2 aliphatic heterocycles. The van der Waals surface area contributed by atoms with E-state index < -0.39 is 0 Å². The highest BCUT2D eigenvalue weighted by molar-refractivity contribution is 7.98. The molecule has 94 valence electrons. The van der Waals surface area contributed by atoms with Crippen LogP contribution in [0.5, 0.6) is 0 Å². The summed E-state index contributed by atoms with van der Waals surface area (Å²) in [4.78, 5) is 5.44. The summed E-state index contributed by atoms with van der Waals surface area (Å²) in [5.41, 5.74) is 0. The molecule has 0 aliphatic carbocycles. The predicted molar refractivity (Wildman–Crippen MR) is 73.2 cm³/mol. The van der Waals surface area contributed by atoms with Gasteiger partial charge in [-0.15, -0.1) is 0 Å². The molecule has 0 amide bonds. The molecule has 0 N–H and O–H groups in total. The van der Waals surface area contributed by atoms with Gasteiger partial charge in [-0.05, 0) is 57.7 Å². The lowest BCUT2D eigenvalue weighted by atomic mass is 10.1. The molecule has 0 aromatic heterocycles. The quantitative estimate of drug-likeness (QED) is 0.683. The number of nitrogens with zero attached hydrogens (tertiary/aromatic N) is 2. The van der Waals surface area contributed by atoms with E-state index in [1.54, 1.807) is 0 Å². The van der Waals surface area contributed by atoms with E-state index in [1.807, 2.05) is 11.8 Å². The highest BCUT2D eigenvalue weighted by Gasteiger charge is 2.33. The summed E-state index contributed by atoms with van der Waals surface area (Å²) >= 11 is 1.98. The highest BCUT2D eigenvalue weighted by atomic mass is 32.2. The fourth-order valence-electron chi connectivity index (χ4n) is 3.12. The lowest BCUT2D eigenvalue weighted by Gasteiger charge is -2.42. The van der Waals surface area contributed by atoms with Crippen LogP contribution in [0.1, 0.15) is 32.6 Å². The maximum atomic E-state index is 2.73. The van der Waals surface area contributed by atoms with Gasteiger partial charge in [-0.1, -0.05) is 0 Å². The number of thioether (sulfide) groups is 1. The molecule has 0 bridgehead atoms. The molecule has 2 aliphatic rings. The van der Waals surface area contributed by atoms with Crippen LogP contribution >= 0.6 is 11.8 Å². The molecule has 2 saturated heterocycles. The zero-order chi connectivity index (χ0) is 11.4. The zero-order valence-corrected chi connectivity index (χ0v) is 11.6. The number of unbranched alkanes of at least 4 members (excludes halogenated alkanes) is 1. The van der Waals surface area contributed by atoms with Crippen molar-refractivity contribution < 1.29 is 0 Å². The average Bonchev–Trinajstić information content (AvgIpc) is 2.71. The number of rotatable bonds is 5. The summed E-state index contributed by atoms with van der Waals surface area (Å²) in [7, 11) is 0. The Morgan fingerprint density at radius 2 is 2.12 bits per heavy atom. The molecule has 2 unspecified atom stereocenters. The first kappa shape index (κ1) is 12.7. The van der Waals surface area contributed by atoms with Crippen molar-refractivity contribution in [2.75, 3.05) is 38.2 Å². The molecule has 2 nitrogen and oxygen atoms in total. The lowest BCUT2D eigenvalue weighted by Crippen LogP contribution is -2.54. The molecule has 0 aromatic carbocycles. The summed E-state index contributed by atoms with van der Waals surface area (Å²) < 4.78 is 0. The van der Waals surface area contributed by atoms with Gasteiger partial charge in [0.1, 0.15) is 0 Å². The molecule has 2 heterocycles. The molecule has 2 fully saturated rings. The summed E-state index contributed by atoms with van der Waals surface area (Å²) in [6.45, 7) is 7.73. The normalized spacial score (nSPS) is 31.9. The fraction of sp³-hybridized carbons (Fsp3) is 1.00. The van der Waals surface area contributed by atoms with Crippen molar-refractivity contribution in [2.45, 2.75) is 44.7 Å². The SMILES string of the molecule is CSCCCCN1CC2CCCN2CC1C. The van der Waals surface area contributed by atoms with Gasteiger partial charge in [0.25, 0.3) is 0 Å². The van der Waals surface area contributed by atoms with E-state index in [4.69, 9.17) is 0 Å². The monoisotopic (exact) mass is 242 g/mol. The third-order valence-corrected chi connectivity index (χ3v) is 4.81. The molecule has 0 aromatic rings. The minimum absolute atomic E-state index is 0.781. The standard InChI is InChI=1S/C13H26N2S/c1-12-10-15-8-5-6-13(15)11-14(12)7-3-4-9-16-2/h12-13H,3-11H2,1-2H3. The molecular formula is C13H26N2S. The first-order chi connectivity index (χ1) is 7.81. The van der Waals surface area contributed by atoms with Crippen LogP contribution < -0.4 is 0 Å². The molecule has 16 heavy (non-hydrogen) atoms. The van der Waals surface area contributed by atoms with E-state index in [0.717, 1.165) is 12.1 Å². The minimum Gasteiger partial charge on any atom is -0.298 e. The third kappa shape index (κ3) is 3.14. The van der Waals surface area contributed by atoms with E-state index in [9.17, 15) is 0 Å². The van der Waals surface area contributed by atoms with Crippen LogP contribution in [-0.4, -0.2) is 60.1 Å². The Kier molecular flexibility index (Phi) is 4.98. The Bertz CT molecular complexity index is 210. The van der Waals surface area contributed by atoms with Gasteiger partial charge in [0.2, 0.25) is 0 Å². The minimum atomic E-state index is 0.781. The number of fused-ring (bicyclic) bond motifs is 1. The van der Waals surface area contributed by atoms with Crippen molar-refractivity contribution in [3.8, 4) is 0 Å². The number of hydrogen-bond acceptors (Lipinski definition) is 3. The molecule has 0 saturated carbocycles. The average molecular weight is 242 g/mol. The molecule has 0 spiro atoms. The van der Waals surface area contributed by atoms with Crippen LogP contribution in [-0.2, 0) is 0 Å². The van der Waals surface area contributed by atoms with Crippen molar-refractivity contribution in [3.63, 3.8) is 0 Å². The van der Waals surface area contributed by atoms with Gasteiger partial charge in [0, 0.05) is 25.2 Å². The molecular weight excluding hydrogens is 216 g/mol. The number of piperazine rings is 1.